The molecule has 0 amide bonds. The second-order valence-corrected chi connectivity index (χ2v) is 28.2. The molecule has 2 aliphatic rings. The monoisotopic (exact) mass is 1270 g/mol. The van der Waals surface area contributed by atoms with Gasteiger partial charge in [-0.2, -0.15) is 0 Å². The van der Waals surface area contributed by atoms with Gasteiger partial charge < -0.3 is 14.4 Å². The number of anilines is 6. The summed E-state index contributed by atoms with van der Waals surface area (Å²) in [5, 5.41) is 12.7. The van der Waals surface area contributed by atoms with Crippen molar-refractivity contribution in [3.05, 3.63) is 351 Å². The van der Waals surface area contributed by atoms with Gasteiger partial charge in [-0.15, -0.1) is 0 Å². The van der Waals surface area contributed by atoms with E-state index in [9.17, 15) is 0 Å². The van der Waals surface area contributed by atoms with E-state index in [2.05, 4.69) is 381 Å². The van der Waals surface area contributed by atoms with Gasteiger partial charge >= 0.3 is 0 Å². The van der Waals surface area contributed by atoms with E-state index in [1.165, 1.54) is 98.0 Å². The molecule has 468 valence electrons. The Morgan fingerprint density at radius 2 is 0.700 bits per heavy atom. The minimum atomic E-state index is -0.260. The second-order valence-electron chi connectivity index (χ2n) is 28.2. The molecule has 0 fully saturated rings. The Balaban J connectivity index is 0.954. The van der Waals surface area contributed by atoms with E-state index >= 15 is 0 Å². The van der Waals surface area contributed by atoms with Crippen molar-refractivity contribution >= 4 is 122 Å². The molecule has 20 rings (SSSR count). The lowest BCUT2D eigenvalue weighted by Gasteiger charge is -2.46. The van der Waals surface area contributed by atoms with Crippen LogP contribution in [-0.2, 0) is 5.41 Å². The molecule has 0 atom stereocenters. The zero-order valence-electron chi connectivity index (χ0n) is 55.8. The summed E-state index contributed by atoms with van der Waals surface area (Å²) >= 11 is 0. The molecule has 3 nitrogen and oxygen atoms in total. The number of aromatic nitrogens is 1. The summed E-state index contributed by atoms with van der Waals surface area (Å²) in [5.41, 5.74) is 28.9. The summed E-state index contributed by atoms with van der Waals surface area (Å²) in [4.78, 5) is 5.37. The molecule has 2 aliphatic heterocycles. The predicted molar refractivity (Wildman–Crippen MR) is 427 cm³/mol. The third-order valence-corrected chi connectivity index (χ3v) is 21.7. The Labute approximate surface area is 582 Å². The molecule has 0 unspecified atom stereocenters. The highest BCUT2D eigenvalue weighted by Crippen LogP contribution is 2.55. The van der Waals surface area contributed by atoms with Crippen molar-refractivity contribution in [3.63, 3.8) is 0 Å². The summed E-state index contributed by atoms with van der Waals surface area (Å²) in [6.45, 7) is 6.67. The van der Waals surface area contributed by atoms with E-state index < -0.39 is 0 Å². The maximum Gasteiger partial charge on any atom is 0.252 e. The number of para-hydroxylation sites is 4. The maximum atomic E-state index is 2.69. The van der Waals surface area contributed by atoms with E-state index in [0.717, 1.165) is 95.4 Å². The van der Waals surface area contributed by atoms with Crippen molar-refractivity contribution in [2.75, 3.05) is 9.80 Å². The normalized spacial score (nSPS) is 12.7. The number of hydrogen-bond acceptors (Lipinski definition) is 2. The van der Waals surface area contributed by atoms with Gasteiger partial charge in [0.1, 0.15) is 0 Å². The van der Waals surface area contributed by atoms with Crippen LogP contribution in [0.1, 0.15) is 26.3 Å². The molecule has 4 heteroatoms. The Morgan fingerprint density at radius 3 is 1.23 bits per heavy atom. The van der Waals surface area contributed by atoms with Crippen molar-refractivity contribution in [2.45, 2.75) is 26.2 Å². The Kier molecular flexibility index (Phi) is 13.0. The van der Waals surface area contributed by atoms with E-state index in [1.54, 1.807) is 0 Å². The number of nitrogens with zero attached hydrogens (tertiary/aromatic N) is 3. The van der Waals surface area contributed by atoms with Crippen LogP contribution in [0.25, 0.3) is 137 Å². The molecular formula is C96H66BN3. The van der Waals surface area contributed by atoms with Crippen LogP contribution in [0, 0.1) is 0 Å². The Hall–Kier alpha value is -12.5. The first-order valence-corrected chi connectivity index (χ1v) is 35.0. The van der Waals surface area contributed by atoms with E-state index in [4.69, 9.17) is 0 Å². The highest BCUT2D eigenvalue weighted by atomic mass is 15.2. The Morgan fingerprint density at radius 1 is 0.260 bits per heavy atom. The standard InChI is InChI=1S/C96H66BN3/c1-96(2,3)69-50-47-61(48-51-69)68-58-89-93-90(59-68)100(95-74(64-29-12-6-13-30-64)39-23-40-75(95)65-31-14-7-15-32-65)88-60-70(98-85-45-18-16-35-76(85)77-36-17-19-46-86(77)98)52-55-83(88)97(93)84-57-67(71-53-54-82-80-42-21-34-66-33-20-41-79(91(66)80)81-44-24-43-78(71)92(81)82)49-56-87(84)99(89)94-72(62-25-8-4-9-26-62)37-22-38-73(94)63-27-10-5-11-28-63/h4-60H,1-3H3. The third kappa shape index (κ3) is 8.86. The topological polar surface area (TPSA) is 11.4 Å². The molecule has 0 aliphatic carbocycles. The summed E-state index contributed by atoms with van der Waals surface area (Å²) in [6, 6.07) is 131. The van der Waals surface area contributed by atoms with Crippen LogP contribution < -0.4 is 26.2 Å². The van der Waals surface area contributed by atoms with Gasteiger partial charge in [0.2, 0.25) is 0 Å². The molecule has 0 saturated carbocycles. The molecule has 0 radical (unpaired) electrons. The fourth-order valence-corrected chi connectivity index (χ4v) is 17.2. The second kappa shape index (κ2) is 22.5. The molecular weight excluding hydrogens is 1210 g/mol. The van der Waals surface area contributed by atoms with Gasteiger partial charge in [-0.1, -0.05) is 324 Å². The molecule has 0 bridgehead atoms. The summed E-state index contributed by atoms with van der Waals surface area (Å²) in [5.74, 6) is 0. The van der Waals surface area contributed by atoms with Gasteiger partial charge in [0.05, 0.1) is 22.4 Å². The number of hydrogen-bond donors (Lipinski definition) is 0. The van der Waals surface area contributed by atoms with Crippen LogP contribution in [0.2, 0.25) is 0 Å². The highest BCUT2D eigenvalue weighted by Gasteiger charge is 2.46. The van der Waals surface area contributed by atoms with Crippen LogP contribution in [0.5, 0.6) is 0 Å². The quantitative estimate of drug-likeness (QED) is 0.0811. The van der Waals surface area contributed by atoms with Crippen LogP contribution >= 0.6 is 0 Å². The summed E-state index contributed by atoms with van der Waals surface area (Å²) in [7, 11) is 0. The van der Waals surface area contributed by atoms with Gasteiger partial charge in [0, 0.05) is 61.5 Å². The zero-order chi connectivity index (χ0) is 66.3. The molecule has 0 spiro atoms. The largest absolute Gasteiger partial charge is 0.310 e. The smallest absolute Gasteiger partial charge is 0.252 e. The van der Waals surface area contributed by atoms with E-state index in [-0.39, 0.29) is 12.1 Å². The summed E-state index contributed by atoms with van der Waals surface area (Å²) < 4.78 is 2.50. The molecule has 17 aromatic carbocycles. The fourth-order valence-electron chi connectivity index (χ4n) is 17.2. The molecule has 100 heavy (non-hydrogen) atoms. The van der Waals surface area contributed by atoms with Crippen molar-refractivity contribution in [2.24, 2.45) is 0 Å². The van der Waals surface area contributed by atoms with E-state index in [0.29, 0.717) is 0 Å². The van der Waals surface area contributed by atoms with Crippen LogP contribution in [0.3, 0.4) is 0 Å². The van der Waals surface area contributed by atoms with Crippen molar-refractivity contribution in [1.29, 1.82) is 0 Å². The first-order valence-electron chi connectivity index (χ1n) is 35.0. The minimum Gasteiger partial charge on any atom is -0.310 e. The number of rotatable bonds is 9. The van der Waals surface area contributed by atoms with Gasteiger partial charge in [-0.25, -0.2) is 0 Å². The average molecular weight is 1270 g/mol. The molecule has 18 aromatic rings. The van der Waals surface area contributed by atoms with Crippen LogP contribution in [0.4, 0.5) is 34.1 Å². The maximum absolute atomic E-state index is 2.69. The first kappa shape index (κ1) is 57.7. The third-order valence-electron chi connectivity index (χ3n) is 21.7. The molecule has 0 N–H and O–H groups in total. The minimum absolute atomic E-state index is 0.0440. The Bertz CT molecular complexity index is 6090. The molecule has 0 saturated heterocycles. The lowest BCUT2D eigenvalue weighted by atomic mass is 9.33. The van der Waals surface area contributed by atoms with Crippen molar-refractivity contribution in [1.82, 2.24) is 4.57 Å². The van der Waals surface area contributed by atoms with E-state index in [1.807, 2.05) is 0 Å². The lowest BCUT2D eigenvalue weighted by Crippen LogP contribution is -2.61. The zero-order valence-corrected chi connectivity index (χ0v) is 55.8. The number of benzene rings is 17. The first-order chi connectivity index (χ1) is 49.3. The van der Waals surface area contributed by atoms with Gasteiger partial charge in [-0.3, -0.25) is 0 Å². The summed E-state index contributed by atoms with van der Waals surface area (Å²) in [6.07, 6.45) is 0. The van der Waals surface area contributed by atoms with Crippen molar-refractivity contribution in [3.8, 4) is 72.4 Å². The molecule has 1 aromatic heterocycles. The molecule has 3 heterocycles. The van der Waals surface area contributed by atoms with Gasteiger partial charge in [0.15, 0.2) is 0 Å². The highest BCUT2D eigenvalue weighted by molar-refractivity contribution is 7.00. The number of fused-ring (bicyclic) bond motifs is 9. The SMILES string of the molecule is CC(C)(C)c1ccc(-c2cc3c4c(c2)N(c2c(-c5ccccc5)cccc2-c2ccccc2)c2cc(-n5c6ccccc6c6ccccc65)ccc2B4c2cc(-c4ccc5c6cccc7cccc(c8cccc4c85)c76)ccc2N3c2c(-c3ccccc3)cccc2-c2ccccc2)cc1. The van der Waals surface area contributed by atoms with Crippen LogP contribution in [0.15, 0.2) is 346 Å². The van der Waals surface area contributed by atoms with Crippen LogP contribution in [-0.4, -0.2) is 11.3 Å². The van der Waals surface area contributed by atoms with Crippen molar-refractivity contribution < 1.29 is 0 Å². The van der Waals surface area contributed by atoms with Gasteiger partial charge in [-0.05, 0) is 157 Å². The van der Waals surface area contributed by atoms with Gasteiger partial charge in [0.25, 0.3) is 6.71 Å². The lowest BCUT2D eigenvalue weighted by molar-refractivity contribution is 0.590. The average Bonchev–Trinajstić information content (AvgIpc) is 0.750. The fraction of sp³-hybridized carbons (Fsp3) is 0.0417. The predicted octanol–water partition coefficient (Wildman–Crippen LogP) is 24.2.